The first-order chi connectivity index (χ1) is 6.13. The predicted octanol–water partition coefficient (Wildman–Crippen LogP) is -1.50. The van der Waals surface area contributed by atoms with E-state index >= 15 is 0 Å². The molecule has 0 aromatic rings. The molecule has 1 atom stereocenters. The van der Waals surface area contributed by atoms with Gasteiger partial charge in [-0.25, -0.2) is 0 Å². The normalized spacial score (nSPS) is 12.6. The third-order valence-corrected chi connectivity index (χ3v) is 1.67. The van der Waals surface area contributed by atoms with Crippen LogP contribution in [0.4, 0.5) is 0 Å². The van der Waals surface area contributed by atoms with Crippen LogP contribution in [-0.4, -0.2) is 43.2 Å². The first-order valence-electron chi connectivity index (χ1n) is 4.37. The minimum atomic E-state index is -0.246. The van der Waals surface area contributed by atoms with E-state index < -0.39 is 0 Å². The maximum absolute atomic E-state index is 11.1. The van der Waals surface area contributed by atoms with E-state index in [9.17, 15) is 4.79 Å². The maximum atomic E-state index is 11.1. The zero-order valence-corrected chi connectivity index (χ0v) is 8.12. The highest BCUT2D eigenvalue weighted by molar-refractivity contribution is 5.73. The van der Waals surface area contributed by atoms with Crippen LogP contribution in [0.2, 0.25) is 0 Å². The molecule has 5 nitrogen and oxygen atoms in total. The highest BCUT2D eigenvalue weighted by Gasteiger charge is 2.14. The van der Waals surface area contributed by atoms with Crippen LogP contribution >= 0.6 is 0 Å². The van der Waals surface area contributed by atoms with Crippen molar-refractivity contribution in [2.75, 3.05) is 26.2 Å². The molecule has 0 bridgehead atoms. The molecular formula is C8H19N4O. The van der Waals surface area contributed by atoms with Crippen LogP contribution in [0.25, 0.3) is 0 Å². The van der Waals surface area contributed by atoms with Gasteiger partial charge in [-0.3, -0.25) is 10.1 Å². The quantitative estimate of drug-likeness (QED) is 0.442. The molecule has 5 heteroatoms. The number of nitrogens with one attached hydrogen (secondary N) is 1. The summed E-state index contributed by atoms with van der Waals surface area (Å²) >= 11 is 0. The van der Waals surface area contributed by atoms with Gasteiger partial charge in [-0.2, -0.15) is 0 Å². The molecule has 0 aliphatic carbocycles. The van der Waals surface area contributed by atoms with Gasteiger partial charge >= 0.3 is 0 Å². The van der Waals surface area contributed by atoms with E-state index in [1.807, 2.05) is 0 Å². The monoisotopic (exact) mass is 187 g/mol. The number of hydrogen-bond acceptors (Lipinski definition) is 4. The summed E-state index contributed by atoms with van der Waals surface area (Å²) in [7, 11) is 0. The maximum Gasteiger partial charge on any atom is 0.220 e. The average Bonchev–Trinajstić information content (AvgIpc) is 2.09. The van der Waals surface area contributed by atoms with Gasteiger partial charge in [0.2, 0.25) is 5.91 Å². The fourth-order valence-electron chi connectivity index (χ4n) is 1.03. The van der Waals surface area contributed by atoms with E-state index in [1.54, 1.807) is 4.90 Å². The van der Waals surface area contributed by atoms with Crippen LogP contribution in [0.15, 0.2) is 0 Å². The first-order valence-corrected chi connectivity index (χ1v) is 4.37. The highest BCUT2D eigenvalue weighted by atomic mass is 16.2. The number of carbonyl (C=O) groups excluding carboxylic acids is 1. The summed E-state index contributed by atoms with van der Waals surface area (Å²) in [6.45, 7) is 7.42. The Balaban J connectivity index is 3.95. The first kappa shape index (κ1) is 12.3. The van der Waals surface area contributed by atoms with E-state index in [4.69, 9.17) is 11.5 Å². The molecule has 0 aromatic heterocycles. The minimum Gasteiger partial charge on any atom is -0.329 e. The number of hydrogen-bond donors (Lipinski definition) is 3. The lowest BCUT2D eigenvalue weighted by atomic mass is 10.4. The summed E-state index contributed by atoms with van der Waals surface area (Å²) in [6, 6.07) is 0. The highest BCUT2D eigenvalue weighted by Crippen LogP contribution is 1.94. The van der Waals surface area contributed by atoms with Gasteiger partial charge in [0.05, 0.1) is 6.17 Å². The molecule has 0 rings (SSSR count). The average molecular weight is 187 g/mol. The van der Waals surface area contributed by atoms with Crippen LogP contribution in [0.5, 0.6) is 0 Å². The Labute approximate surface area is 79.4 Å². The molecule has 0 fully saturated rings. The molecule has 1 radical (unpaired) electrons. The lowest BCUT2D eigenvalue weighted by Gasteiger charge is -2.28. The van der Waals surface area contributed by atoms with Gasteiger partial charge in [-0.05, 0) is 6.92 Å². The largest absolute Gasteiger partial charge is 0.329 e. The van der Waals surface area contributed by atoms with E-state index in [0.29, 0.717) is 26.2 Å². The van der Waals surface area contributed by atoms with Crippen LogP contribution < -0.4 is 16.8 Å². The van der Waals surface area contributed by atoms with Gasteiger partial charge in [0.25, 0.3) is 0 Å². The van der Waals surface area contributed by atoms with Crippen molar-refractivity contribution < 1.29 is 4.79 Å². The fourth-order valence-corrected chi connectivity index (χ4v) is 1.03. The summed E-state index contributed by atoms with van der Waals surface area (Å²) < 4.78 is 0. The van der Waals surface area contributed by atoms with Crippen molar-refractivity contribution in [1.29, 1.82) is 0 Å². The number of carbonyl (C=O) groups is 1. The van der Waals surface area contributed by atoms with Crippen molar-refractivity contribution in [3.8, 4) is 0 Å². The molecule has 1 unspecified atom stereocenters. The Bertz CT molecular complexity index is 151. The number of nitrogens with two attached hydrogens (primary N) is 2. The molecule has 77 valence electrons. The Morgan fingerprint density at radius 1 is 1.54 bits per heavy atom. The van der Waals surface area contributed by atoms with Crippen LogP contribution in [0, 0.1) is 6.92 Å². The Kier molecular flexibility index (Phi) is 6.48. The summed E-state index contributed by atoms with van der Waals surface area (Å²) in [5.74, 6) is -0.0324. The molecule has 0 heterocycles. The van der Waals surface area contributed by atoms with E-state index in [0.717, 1.165) is 0 Å². The Hall–Kier alpha value is -0.650. The van der Waals surface area contributed by atoms with Gasteiger partial charge < -0.3 is 16.4 Å². The molecule has 0 saturated carbocycles. The molecule has 0 spiro atoms. The topological polar surface area (TPSA) is 84.4 Å². The van der Waals surface area contributed by atoms with Crippen LogP contribution in [0.3, 0.4) is 0 Å². The predicted molar refractivity (Wildman–Crippen MR) is 52.6 cm³/mol. The molecule has 0 saturated heterocycles. The number of nitrogens with zero attached hydrogens (tertiary/aromatic N) is 1. The van der Waals surface area contributed by atoms with Crippen molar-refractivity contribution in [2.45, 2.75) is 13.1 Å². The standard InChI is InChI=1S/C8H19N4O/c1-7(11-5-3-9)12(6-4-10)8(2)13/h7,11H,1,3-6,9-10H2,2H3. The molecule has 5 N–H and O–H groups in total. The summed E-state index contributed by atoms with van der Waals surface area (Å²) in [4.78, 5) is 12.7. The fraction of sp³-hybridized carbons (Fsp3) is 0.750. The number of amides is 1. The van der Waals surface area contributed by atoms with Gasteiger partial charge in [-0.15, -0.1) is 0 Å². The number of rotatable bonds is 6. The van der Waals surface area contributed by atoms with E-state index in [-0.39, 0.29) is 12.1 Å². The summed E-state index contributed by atoms with van der Waals surface area (Å²) in [5, 5.41) is 3.01. The van der Waals surface area contributed by atoms with Crippen molar-refractivity contribution in [3.05, 3.63) is 6.92 Å². The van der Waals surface area contributed by atoms with Crippen LogP contribution in [-0.2, 0) is 4.79 Å². The summed E-state index contributed by atoms with van der Waals surface area (Å²) in [6.07, 6.45) is -0.246. The van der Waals surface area contributed by atoms with Crippen molar-refractivity contribution in [1.82, 2.24) is 10.2 Å². The van der Waals surface area contributed by atoms with Gasteiger partial charge in [0.1, 0.15) is 0 Å². The molecule has 1 amide bonds. The van der Waals surface area contributed by atoms with Crippen molar-refractivity contribution in [3.63, 3.8) is 0 Å². The third kappa shape index (κ3) is 4.82. The molecular weight excluding hydrogens is 168 g/mol. The zero-order valence-electron chi connectivity index (χ0n) is 8.12. The molecule has 0 aromatic carbocycles. The lowest BCUT2D eigenvalue weighted by Crippen LogP contribution is -2.49. The van der Waals surface area contributed by atoms with Gasteiger partial charge in [-0.1, -0.05) is 0 Å². The molecule has 0 aliphatic rings. The van der Waals surface area contributed by atoms with Gasteiger partial charge in [0.15, 0.2) is 0 Å². The van der Waals surface area contributed by atoms with Crippen molar-refractivity contribution >= 4 is 5.91 Å². The van der Waals surface area contributed by atoms with E-state index in [1.165, 1.54) is 6.92 Å². The Morgan fingerprint density at radius 3 is 2.54 bits per heavy atom. The second-order valence-corrected chi connectivity index (χ2v) is 2.76. The molecule has 13 heavy (non-hydrogen) atoms. The molecule has 0 aliphatic heterocycles. The lowest BCUT2D eigenvalue weighted by molar-refractivity contribution is -0.130. The SMILES string of the molecule is [CH2]C(NCCN)N(CCN)C(C)=O. The second kappa shape index (κ2) is 6.82. The summed E-state index contributed by atoms with van der Waals surface area (Å²) in [5.41, 5.74) is 10.7. The van der Waals surface area contributed by atoms with Crippen molar-refractivity contribution in [2.24, 2.45) is 11.5 Å². The second-order valence-electron chi connectivity index (χ2n) is 2.76. The van der Waals surface area contributed by atoms with E-state index in [2.05, 4.69) is 12.2 Å². The Morgan fingerprint density at radius 2 is 2.15 bits per heavy atom. The van der Waals surface area contributed by atoms with Crippen LogP contribution in [0.1, 0.15) is 6.92 Å². The zero-order chi connectivity index (χ0) is 10.3. The third-order valence-electron chi connectivity index (χ3n) is 1.67. The smallest absolute Gasteiger partial charge is 0.220 e. The van der Waals surface area contributed by atoms with Gasteiger partial charge in [0, 0.05) is 33.1 Å². The minimum absolute atomic E-state index is 0.0324.